The Morgan fingerprint density at radius 3 is 1.82 bits per heavy atom. The van der Waals surface area contributed by atoms with Gasteiger partial charge in [-0.05, 0) is 55.9 Å². The monoisotopic (exact) mass is 408 g/mol. The molecular weight excluding hydrogens is 368 g/mol. The van der Waals surface area contributed by atoms with Crippen molar-refractivity contribution in [2.24, 2.45) is 11.8 Å². The van der Waals surface area contributed by atoms with E-state index in [4.69, 9.17) is 18.9 Å². The number of rotatable bonds is 7. The molecule has 1 unspecified atom stereocenters. The van der Waals surface area contributed by atoms with Crippen LogP contribution in [0.1, 0.15) is 67.9 Å². The highest BCUT2D eigenvalue weighted by Gasteiger charge is 2.71. The molecule has 5 heteroatoms. The van der Waals surface area contributed by atoms with Gasteiger partial charge in [-0.1, -0.05) is 60.6 Å². The van der Waals surface area contributed by atoms with E-state index in [1.807, 2.05) is 32.0 Å². The number of hydrogen-bond acceptors (Lipinski definition) is 4. The van der Waals surface area contributed by atoms with E-state index in [1.165, 1.54) is 0 Å². The van der Waals surface area contributed by atoms with Gasteiger partial charge in [-0.25, -0.2) is 4.89 Å². The lowest BCUT2D eigenvalue weighted by molar-refractivity contribution is -0.640. The molecule has 1 heterocycles. The minimum absolute atomic E-state index is 0.0262. The summed E-state index contributed by atoms with van der Waals surface area (Å²) in [6, 6.07) is 8.13. The van der Waals surface area contributed by atoms with Crippen LogP contribution in [-0.4, -0.2) is 20.0 Å². The fourth-order valence-corrected chi connectivity index (χ4v) is 4.88. The smallest absolute Gasteiger partial charge is 0.264 e. The van der Waals surface area contributed by atoms with E-state index in [9.17, 15) is 0 Å². The summed E-state index contributed by atoms with van der Waals surface area (Å²) in [5, 5.41) is 0.0936. The van der Waals surface area contributed by atoms with Crippen molar-refractivity contribution in [3.05, 3.63) is 29.8 Å². The fourth-order valence-electron chi connectivity index (χ4n) is 3.85. The van der Waals surface area contributed by atoms with Crippen molar-refractivity contribution in [3.63, 3.8) is 0 Å². The van der Waals surface area contributed by atoms with Crippen molar-refractivity contribution < 1.29 is 18.9 Å². The Morgan fingerprint density at radius 1 is 0.893 bits per heavy atom. The van der Waals surface area contributed by atoms with Crippen LogP contribution in [0.2, 0.25) is 18.1 Å². The second-order valence-corrected chi connectivity index (χ2v) is 15.1. The predicted molar refractivity (Wildman–Crippen MR) is 117 cm³/mol. The van der Waals surface area contributed by atoms with Gasteiger partial charge >= 0.3 is 0 Å². The molecule has 0 N–H and O–H groups in total. The summed E-state index contributed by atoms with van der Waals surface area (Å²) in [5.41, 5.74) is 0.326. The lowest BCUT2D eigenvalue weighted by atomic mass is 9.70. The van der Waals surface area contributed by atoms with Crippen molar-refractivity contribution in [1.82, 2.24) is 0 Å². The number of benzene rings is 1. The normalized spacial score (nSPS) is 22.6. The zero-order chi connectivity index (χ0) is 21.5. The van der Waals surface area contributed by atoms with E-state index in [1.54, 1.807) is 0 Å². The van der Waals surface area contributed by atoms with Crippen LogP contribution in [0.25, 0.3) is 0 Å². The molecule has 2 rings (SSSR count). The number of hydrogen-bond donors (Lipinski definition) is 0. The minimum atomic E-state index is -2.04. The van der Waals surface area contributed by atoms with Crippen LogP contribution in [0, 0.1) is 11.8 Å². The summed E-state index contributed by atoms with van der Waals surface area (Å²) < 4.78 is 13.3. The standard InChI is InChI=1S/C23H40O4Si/c1-16(2)22(17(3)4)23(27-26-22,24-18(5)6)19-14-12-13-15-20(19)25-28(10,11)21(7,8)9/h12-18H,1-11H3. The molecule has 0 radical (unpaired) electrons. The van der Waals surface area contributed by atoms with Gasteiger partial charge in [-0.15, -0.1) is 0 Å². The van der Waals surface area contributed by atoms with E-state index in [-0.39, 0.29) is 23.0 Å². The van der Waals surface area contributed by atoms with Gasteiger partial charge in [-0.3, -0.25) is 0 Å². The lowest BCUT2D eigenvalue weighted by Gasteiger charge is -2.60. The third-order valence-electron chi connectivity index (χ3n) is 6.34. The van der Waals surface area contributed by atoms with E-state index < -0.39 is 19.7 Å². The van der Waals surface area contributed by atoms with Crippen molar-refractivity contribution >= 4 is 8.32 Å². The van der Waals surface area contributed by atoms with Crippen LogP contribution in [-0.2, 0) is 20.3 Å². The molecule has 1 fully saturated rings. The molecule has 0 aromatic heterocycles. The Bertz CT molecular complexity index is 667. The van der Waals surface area contributed by atoms with E-state index >= 15 is 0 Å². The molecule has 160 valence electrons. The SMILES string of the molecule is CC(C)OC1(c2ccccc2O[Si](C)(C)C(C)(C)C)OOC1(C(C)C)C(C)C. The van der Waals surface area contributed by atoms with Crippen LogP contribution in [0.3, 0.4) is 0 Å². The van der Waals surface area contributed by atoms with Gasteiger partial charge in [0.2, 0.25) is 8.32 Å². The van der Waals surface area contributed by atoms with E-state index in [2.05, 4.69) is 67.6 Å². The van der Waals surface area contributed by atoms with Crippen LogP contribution < -0.4 is 4.43 Å². The summed E-state index contributed by atoms with van der Waals surface area (Å²) in [7, 11) is -2.04. The maximum atomic E-state index is 6.74. The maximum Gasteiger partial charge on any atom is 0.264 e. The third-order valence-corrected chi connectivity index (χ3v) is 10.7. The summed E-state index contributed by atoms with van der Waals surface area (Å²) in [4.78, 5) is 11.8. The first kappa shape index (κ1) is 23.4. The molecule has 0 saturated carbocycles. The van der Waals surface area contributed by atoms with E-state index in [0.29, 0.717) is 0 Å². The highest BCUT2D eigenvalue weighted by Crippen LogP contribution is 2.59. The van der Waals surface area contributed by atoms with Crippen molar-refractivity contribution in [2.75, 3.05) is 0 Å². The molecule has 0 spiro atoms. The summed E-state index contributed by atoms with van der Waals surface area (Å²) >= 11 is 0. The quantitative estimate of drug-likeness (QED) is 0.373. The summed E-state index contributed by atoms with van der Waals surface area (Å²) in [5.74, 6) is 0.230. The molecule has 0 amide bonds. The first-order valence-corrected chi connectivity index (χ1v) is 13.5. The maximum absolute atomic E-state index is 6.74. The molecule has 4 nitrogen and oxygen atoms in total. The Kier molecular flexibility index (Phi) is 6.47. The first-order valence-electron chi connectivity index (χ1n) is 10.5. The van der Waals surface area contributed by atoms with Crippen molar-refractivity contribution in [2.45, 2.75) is 97.9 Å². The second-order valence-electron chi connectivity index (χ2n) is 10.4. The molecule has 28 heavy (non-hydrogen) atoms. The Morgan fingerprint density at radius 2 is 1.43 bits per heavy atom. The lowest BCUT2D eigenvalue weighted by Crippen LogP contribution is -2.71. The van der Waals surface area contributed by atoms with Crippen molar-refractivity contribution in [3.8, 4) is 5.75 Å². The molecule has 0 bridgehead atoms. The molecule has 1 aromatic carbocycles. The zero-order valence-electron chi connectivity index (χ0n) is 19.7. The van der Waals surface area contributed by atoms with Crippen LogP contribution in [0.4, 0.5) is 0 Å². The molecule has 1 saturated heterocycles. The topological polar surface area (TPSA) is 36.9 Å². The van der Waals surface area contributed by atoms with Gasteiger partial charge in [0, 0.05) is 0 Å². The Balaban J connectivity index is 2.65. The van der Waals surface area contributed by atoms with E-state index in [0.717, 1.165) is 11.3 Å². The van der Waals surface area contributed by atoms with Gasteiger partial charge in [0.05, 0.1) is 11.7 Å². The van der Waals surface area contributed by atoms with Gasteiger partial charge in [0.15, 0.2) is 5.60 Å². The second kappa shape index (κ2) is 7.75. The average molecular weight is 409 g/mol. The molecule has 1 aliphatic heterocycles. The molecular formula is C23H40O4Si. The summed E-state index contributed by atoms with van der Waals surface area (Å²) in [6.07, 6.45) is -0.0262. The van der Waals surface area contributed by atoms with Crippen LogP contribution in [0.15, 0.2) is 24.3 Å². The molecule has 1 atom stereocenters. The zero-order valence-corrected chi connectivity index (χ0v) is 20.7. The third kappa shape index (κ3) is 3.67. The van der Waals surface area contributed by atoms with Gasteiger partial charge in [-0.2, -0.15) is 4.89 Å². The van der Waals surface area contributed by atoms with Gasteiger partial charge in [0.25, 0.3) is 5.79 Å². The van der Waals surface area contributed by atoms with Crippen LogP contribution in [0.5, 0.6) is 5.75 Å². The Labute approximate surface area is 173 Å². The highest BCUT2D eigenvalue weighted by molar-refractivity contribution is 6.74. The Hall–Kier alpha value is -0.883. The molecule has 1 aromatic rings. The number of para-hydroxylation sites is 1. The number of ether oxygens (including phenoxy) is 1. The molecule has 1 aliphatic rings. The predicted octanol–water partition coefficient (Wildman–Crippen LogP) is 6.66. The summed E-state index contributed by atoms with van der Waals surface area (Å²) in [6.45, 7) is 24.0. The highest BCUT2D eigenvalue weighted by atomic mass is 28.4. The minimum Gasteiger partial charge on any atom is -0.543 e. The largest absolute Gasteiger partial charge is 0.543 e. The van der Waals surface area contributed by atoms with Gasteiger partial charge < -0.3 is 9.16 Å². The average Bonchev–Trinajstić information content (AvgIpc) is 2.50. The first-order chi connectivity index (χ1) is 12.7. The van der Waals surface area contributed by atoms with Crippen LogP contribution >= 0.6 is 0 Å². The fraction of sp³-hybridized carbons (Fsp3) is 0.739. The van der Waals surface area contributed by atoms with Gasteiger partial charge in [0.1, 0.15) is 5.75 Å². The molecule has 0 aliphatic carbocycles. The van der Waals surface area contributed by atoms with Crippen molar-refractivity contribution in [1.29, 1.82) is 0 Å².